The van der Waals surface area contributed by atoms with Crippen molar-refractivity contribution < 1.29 is 33.1 Å². The first-order valence-corrected chi connectivity index (χ1v) is 9.41. The van der Waals surface area contributed by atoms with Gasteiger partial charge in [-0.25, -0.2) is 13.8 Å². The van der Waals surface area contributed by atoms with Crippen LogP contribution in [-0.2, 0) is 4.79 Å². The number of nitrogens with zero attached hydrogens (tertiary/aromatic N) is 3. The van der Waals surface area contributed by atoms with Gasteiger partial charge in [-0.3, -0.25) is 9.59 Å². The first-order chi connectivity index (χ1) is 14.5. The molecule has 2 amide bonds. The van der Waals surface area contributed by atoms with E-state index in [2.05, 4.69) is 15.3 Å². The lowest BCUT2D eigenvalue weighted by molar-refractivity contribution is -0.130. The van der Waals surface area contributed by atoms with Gasteiger partial charge in [-0.15, -0.1) is 0 Å². The molecule has 3 rings (SSSR count). The number of hydrogen-bond donors (Lipinski definition) is 2. The third-order valence-corrected chi connectivity index (χ3v) is 4.41. The number of aromatic nitrogens is 2. The Bertz CT molecular complexity index is 1010. The average molecular weight is 436 g/mol. The Balaban J connectivity index is 1.80. The minimum Gasteiger partial charge on any atom is -0.472 e. The molecule has 1 atom stereocenters. The molecule has 0 radical (unpaired) electrons. The minimum absolute atomic E-state index is 0.0445. The van der Waals surface area contributed by atoms with Crippen LogP contribution < -0.4 is 14.9 Å². The number of carbonyl (C=O) groups excluding carboxylic acids is 2. The summed E-state index contributed by atoms with van der Waals surface area (Å²) in [5.74, 6) is -1.07. The summed E-state index contributed by atoms with van der Waals surface area (Å²) >= 11 is 0. The number of hydrogen-bond acceptors (Lipinski definition) is 7. The number of fused-ring (bicyclic) bond motifs is 1. The lowest BCUT2D eigenvalue weighted by Crippen LogP contribution is -2.37. The van der Waals surface area contributed by atoms with Crippen LogP contribution in [0.1, 0.15) is 48.4 Å². The molecule has 0 aliphatic carbocycles. The van der Waals surface area contributed by atoms with Gasteiger partial charge in [0.05, 0.1) is 6.04 Å². The van der Waals surface area contributed by atoms with Gasteiger partial charge in [0, 0.05) is 22.9 Å². The zero-order valence-electron chi connectivity index (χ0n) is 17.3. The summed E-state index contributed by atoms with van der Waals surface area (Å²) in [5, 5.41) is 13.4. The van der Waals surface area contributed by atoms with Crippen LogP contribution in [0.5, 0.6) is 11.8 Å². The second kappa shape index (κ2) is 8.42. The minimum atomic E-state index is -2.64. The van der Waals surface area contributed by atoms with Crippen LogP contribution in [0.2, 0.25) is 0 Å². The molecule has 2 N–H and O–H groups in total. The molecular weight excluding hydrogens is 414 g/mol. The smallest absolute Gasteiger partial charge is 0.287 e. The van der Waals surface area contributed by atoms with E-state index in [0.29, 0.717) is 11.3 Å². The molecule has 2 aromatic rings. The highest BCUT2D eigenvalue weighted by Crippen LogP contribution is 2.37. The van der Waals surface area contributed by atoms with Gasteiger partial charge < -0.3 is 20.0 Å². The van der Waals surface area contributed by atoms with E-state index in [1.54, 1.807) is 19.9 Å². The molecule has 0 bridgehead atoms. The Morgan fingerprint density at radius 1 is 1.32 bits per heavy atom. The van der Waals surface area contributed by atoms with Crippen molar-refractivity contribution >= 4 is 17.6 Å². The Morgan fingerprint density at radius 3 is 2.68 bits per heavy atom. The summed E-state index contributed by atoms with van der Waals surface area (Å²) in [6, 6.07) is 5.39. The number of carbonyl (C=O) groups is 2. The van der Waals surface area contributed by atoms with Gasteiger partial charge in [0.2, 0.25) is 5.88 Å². The first kappa shape index (κ1) is 22.3. The number of ether oxygens (including phenoxy) is 1. The van der Waals surface area contributed by atoms with Crippen molar-refractivity contribution in [1.29, 1.82) is 0 Å². The van der Waals surface area contributed by atoms with Gasteiger partial charge in [0.1, 0.15) is 11.4 Å². The highest BCUT2D eigenvalue weighted by molar-refractivity contribution is 5.98. The van der Waals surface area contributed by atoms with Gasteiger partial charge in [0.25, 0.3) is 24.1 Å². The second-order valence-corrected chi connectivity index (χ2v) is 7.54. The maximum atomic E-state index is 13.1. The van der Waals surface area contributed by atoms with E-state index in [1.165, 1.54) is 32.0 Å². The van der Waals surface area contributed by atoms with Gasteiger partial charge in [-0.2, -0.15) is 10.0 Å². The predicted octanol–water partition coefficient (Wildman–Crippen LogP) is 2.65. The molecule has 166 valence electrons. The Kier molecular flexibility index (Phi) is 6.07. The molecule has 1 aliphatic rings. The van der Waals surface area contributed by atoms with Gasteiger partial charge in [-0.05, 0) is 45.9 Å². The van der Waals surface area contributed by atoms with Gasteiger partial charge in [0.15, 0.2) is 6.61 Å². The summed E-state index contributed by atoms with van der Waals surface area (Å²) in [5.41, 5.74) is -0.395. The van der Waals surface area contributed by atoms with Crippen LogP contribution in [0.25, 0.3) is 0 Å². The molecule has 0 spiro atoms. The lowest BCUT2D eigenvalue weighted by atomic mass is 10.1. The Morgan fingerprint density at radius 2 is 2.03 bits per heavy atom. The number of hydroxylamine groups is 2. The number of anilines is 1. The number of pyridine rings is 2. The van der Waals surface area contributed by atoms with Gasteiger partial charge in [-0.1, -0.05) is 0 Å². The molecule has 9 nitrogen and oxygen atoms in total. The normalized spacial score (nSPS) is 15.5. The highest BCUT2D eigenvalue weighted by atomic mass is 19.3. The molecule has 0 aromatic carbocycles. The van der Waals surface area contributed by atoms with Crippen LogP contribution in [-0.4, -0.2) is 50.6 Å². The van der Waals surface area contributed by atoms with Crippen molar-refractivity contribution in [2.24, 2.45) is 0 Å². The largest absolute Gasteiger partial charge is 0.472 e. The number of rotatable bonds is 6. The molecule has 2 aromatic heterocycles. The maximum absolute atomic E-state index is 13.1. The summed E-state index contributed by atoms with van der Waals surface area (Å²) in [6.07, 6.45) is -2.64. The summed E-state index contributed by atoms with van der Waals surface area (Å²) in [4.78, 5) is 38.8. The standard InChI is InChI=1S/C20H22F2N4O5/c1-10-7-12(8-15(23-10)24-19(28)20(3,4)29)18(27)26-11(2)13-5-6-16(25-17(13)31-26)30-9-14(21)22/h5-8,11,14,29H,9H2,1-4H3,(H,23,24,28). The van der Waals surface area contributed by atoms with E-state index in [1.807, 2.05) is 0 Å². The van der Waals surface area contributed by atoms with Crippen molar-refractivity contribution in [3.05, 3.63) is 41.1 Å². The molecule has 11 heteroatoms. The Labute approximate surface area is 177 Å². The summed E-state index contributed by atoms with van der Waals surface area (Å²) in [7, 11) is 0. The number of aryl methyl sites for hydroxylation is 1. The van der Waals surface area contributed by atoms with E-state index < -0.39 is 36.5 Å². The predicted molar refractivity (Wildman–Crippen MR) is 105 cm³/mol. The zero-order chi connectivity index (χ0) is 22.9. The first-order valence-electron chi connectivity index (χ1n) is 9.41. The summed E-state index contributed by atoms with van der Waals surface area (Å²) in [6.45, 7) is 5.21. The van der Waals surface area contributed by atoms with Crippen LogP contribution in [0, 0.1) is 6.92 Å². The quantitative estimate of drug-likeness (QED) is 0.716. The number of halogens is 2. The van der Waals surface area contributed by atoms with Crippen LogP contribution in [0.15, 0.2) is 24.3 Å². The van der Waals surface area contributed by atoms with Crippen molar-refractivity contribution in [3.63, 3.8) is 0 Å². The number of amides is 2. The van der Waals surface area contributed by atoms with Crippen molar-refractivity contribution in [2.75, 3.05) is 11.9 Å². The molecule has 0 saturated carbocycles. The third-order valence-electron chi connectivity index (χ3n) is 4.41. The van der Waals surface area contributed by atoms with Gasteiger partial charge >= 0.3 is 0 Å². The fourth-order valence-electron chi connectivity index (χ4n) is 2.82. The lowest BCUT2D eigenvalue weighted by Gasteiger charge is -2.20. The Hall–Kier alpha value is -3.34. The van der Waals surface area contributed by atoms with Crippen LogP contribution in [0.4, 0.5) is 14.6 Å². The van der Waals surface area contributed by atoms with Crippen molar-refractivity contribution in [2.45, 2.75) is 45.8 Å². The zero-order valence-corrected chi connectivity index (χ0v) is 17.3. The summed E-state index contributed by atoms with van der Waals surface area (Å²) < 4.78 is 29.6. The van der Waals surface area contributed by atoms with E-state index in [-0.39, 0.29) is 23.1 Å². The fraction of sp³-hybridized carbons (Fsp3) is 0.400. The van der Waals surface area contributed by atoms with Crippen LogP contribution in [0.3, 0.4) is 0 Å². The molecule has 0 fully saturated rings. The number of aliphatic hydroxyl groups is 1. The number of alkyl halides is 2. The van der Waals surface area contributed by atoms with E-state index in [9.17, 15) is 23.5 Å². The van der Waals surface area contributed by atoms with E-state index in [4.69, 9.17) is 9.57 Å². The van der Waals surface area contributed by atoms with Crippen molar-refractivity contribution in [1.82, 2.24) is 15.0 Å². The molecule has 0 saturated heterocycles. The van der Waals surface area contributed by atoms with Crippen molar-refractivity contribution in [3.8, 4) is 11.8 Å². The van der Waals surface area contributed by atoms with E-state index >= 15 is 0 Å². The van der Waals surface area contributed by atoms with Crippen LogP contribution >= 0.6 is 0 Å². The number of nitrogens with one attached hydrogen (secondary N) is 1. The molecular formula is C20H22F2N4O5. The average Bonchev–Trinajstić information content (AvgIpc) is 3.00. The highest BCUT2D eigenvalue weighted by Gasteiger charge is 2.35. The SMILES string of the molecule is Cc1cc(C(=O)N2Oc3nc(OCC(F)F)ccc3C2C)cc(NC(=O)C(C)(C)O)n1. The third kappa shape index (κ3) is 5.05. The molecule has 3 heterocycles. The molecule has 1 aliphatic heterocycles. The topological polar surface area (TPSA) is 114 Å². The second-order valence-electron chi connectivity index (χ2n) is 7.54. The molecule has 31 heavy (non-hydrogen) atoms. The van der Waals surface area contributed by atoms with E-state index in [0.717, 1.165) is 5.06 Å². The maximum Gasteiger partial charge on any atom is 0.287 e. The molecule has 1 unspecified atom stereocenters. The fourth-order valence-corrected chi connectivity index (χ4v) is 2.82. The monoisotopic (exact) mass is 436 g/mol.